The molecule has 2 heterocycles. The number of imidazole rings is 1. The summed E-state index contributed by atoms with van der Waals surface area (Å²) in [5, 5.41) is 4.45. The van der Waals surface area contributed by atoms with Crippen LogP contribution in [-0.4, -0.2) is 15.0 Å². The standard InChI is InChI=1S/C15H11BrN4/c16-10-5-3-4-9-13(8-17-14(9)10)20-15-18-11-6-1-2-7-12(11)19-15/h1-8,17H,(H2,18,19,20). The number of halogens is 1. The lowest BCUT2D eigenvalue weighted by atomic mass is 10.2. The molecule has 0 fully saturated rings. The van der Waals surface area contributed by atoms with Crippen LogP contribution in [0.15, 0.2) is 53.1 Å². The van der Waals surface area contributed by atoms with E-state index < -0.39 is 0 Å². The van der Waals surface area contributed by atoms with Crippen molar-refractivity contribution in [1.82, 2.24) is 15.0 Å². The highest BCUT2D eigenvalue weighted by Crippen LogP contribution is 2.30. The van der Waals surface area contributed by atoms with Crippen LogP contribution in [0.25, 0.3) is 21.9 Å². The first kappa shape index (κ1) is 11.5. The van der Waals surface area contributed by atoms with Gasteiger partial charge in [0.15, 0.2) is 0 Å². The second kappa shape index (κ2) is 4.38. The van der Waals surface area contributed by atoms with E-state index in [-0.39, 0.29) is 0 Å². The zero-order valence-corrected chi connectivity index (χ0v) is 12.0. The molecule has 0 aliphatic heterocycles. The number of fused-ring (bicyclic) bond motifs is 2. The lowest BCUT2D eigenvalue weighted by Crippen LogP contribution is -1.90. The molecule has 98 valence electrons. The Balaban J connectivity index is 1.78. The van der Waals surface area contributed by atoms with Gasteiger partial charge >= 0.3 is 0 Å². The number of nitrogens with one attached hydrogen (secondary N) is 3. The van der Waals surface area contributed by atoms with Gasteiger partial charge in [-0.15, -0.1) is 0 Å². The second-order valence-corrected chi connectivity index (χ2v) is 5.45. The van der Waals surface area contributed by atoms with Gasteiger partial charge in [-0.3, -0.25) is 0 Å². The number of para-hydroxylation sites is 3. The number of rotatable bonds is 2. The van der Waals surface area contributed by atoms with Gasteiger partial charge in [0.25, 0.3) is 0 Å². The van der Waals surface area contributed by atoms with Gasteiger partial charge in [-0.1, -0.05) is 24.3 Å². The molecule has 4 nitrogen and oxygen atoms in total. The molecule has 4 rings (SSSR count). The first-order valence-electron chi connectivity index (χ1n) is 6.28. The van der Waals surface area contributed by atoms with Crippen LogP contribution in [0.1, 0.15) is 0 Å². The largest absolute Gasteiger partial charge is 0.358 e. The molecule has 0 aliphatic carbocycles. The number of anilines is 2. The maximum atomic E-state index is 4.52. The van der Waals surface area contributed by atoms with Crippen molar-refractivity contribution in [2.24, 2.45) is 0 Å². The van der Waals surface area contributed by atoms with E-state index in [9.17, 15) is 0 Å². The maximum Gasteiger partial charge on any atom is 0.205 e. The molecule has 0 amide bonds. The van der Waals surface area contributed by atoms with Gasteiger partial charge in [0.2, 0.25) is 5.95 Å². The minimum absolute atomic E-state index is 0.743. The van der Waals surface area contributed by atoms with Gasteiger partial charge in [0, 0.05) is 16.1 Å². The van der Waals surface area contributed by atoms with Crippen LogP contribution in [0.2, 0.25) is 0 Å². The van der Waals surface area contributed by atoms with E-state index in [0.29, 0.717) is 0 Å². The monoisotopic (exact) mass is 326 g/mol. The van der Waals surface area contributed by atoms with Crippen LogP contribution in [0, 0.1) is 0 Å². The predicted molar refractivity (Wildman–Crippen MR) is 85.4 cm³/mol. The van der Waals surface area contributed by atoms with Crippen LogP contribution in [0.4, 0.5) is 11.6 Å². The molecule has 2 aromatic heterocycles. The number of H-pyrrole nitrogens is 2. The van der Waals surface area contributed by atoms with Crippen molar-refractivity contribution in [3.8, 4) is 0 Å². The topological polar surface area (TPSA) is 56.5 Å². The van der Waals surface area contributed by atoms with Crippen molar-refractivity contribution in [1.29, 1.82) is 0 Å². The first-order chi connectivity index (χ1) is 9.81. The molecule has 20 heavy (non-hydrogen) atoms. The van der Waals surface area contributed by atoms with E-state index in [1.807, 2.05) is 42.6 Å². The van der Waals surface area contributed by atoms with Crippen molar-refractivity contribution in [3.05, 3.63) is 53.1 Å². The van der Waals surface area contributed by atoms with Gasteiger partial charge in [0.05, 0.1) is 22.2 Å². The molecular formula is C15H11BrN4. The highest BCUT2D eigenvalue weighted by molar-refractivity contribution is 9.10. The summed E-state index contributed by atoms with van der Waals surface area (Å²) in [6.07, 6.45) is 1.95. The summed E-state index contributed by atoms with van der Waals surface area (Å²) in [6, 6.07) is 14.1. The Morgan fingerprint density at radius 2 is 1.95 bits per heavy atom. The van der Waals surface area contributed by atoms with Crippen LogP contribution < -0.4 is 5.32 Å². The van der Waals surface area contributed by atoms with E-state index in [0.717, 1.165) is 38.0 Å². The number of benzene rings is 2. The van der Waals surface area contributed by atoms with Crippen molar-refractivity contribution in [2.75, 3.05) is 5.32 Å². The fourth-order valence-electron chi connectivity index (χ4n) is 2.36. The SMILES string of the molecule is Brc1cccc2c(Nc3nc4ccccc4[nH]3)c[nH]c12. The first-order valence-corrected chi connectivity index (χ1v) is 7.08. The molecule has 0 bridgehead atoms. The third kappa shape index (κ3) is 1.78. The fourth-order valence-corrected chi connectivity index (χ4v) is 2.84. The van der Waals surface area contributed by atoms with Crippen molar-refractivity contribution < 1.29 is 0 Å². The molecule has 3 N–H and O–H groups in total. The number of aromatic nitrogens is 3. The Bertz CT molecular complexity index is 873. The molecule has 5 heteroatoms. The molecule has 0 saturated heterocycles. The van der Waals surface area contributed by atoms with Gasteiger partial charge in [-0.25, -0.2) is 4.98 Å². The van der Waals surface area contributed by atoms with Crippen LogP contribution >= 0.6 is 15.9 Å². The predicted octanol–water partition coefficient (Wildman–Crippen LogP) is 4.55. The summed E-state index contributed by atoms with van der Waals surface area (Å²) in [5.41, 5.74) is 4.05. The zero-order valence-electron chi connectivity index (χ0n) is 10.4. The average molecular weight is 327 g/mol. The zero-order chi connectivity index (χ0) is 13.5. The quantitative estimate of drug-likeness (QED) is 0.506. The summed E-state index contributed by atoms with van der Waals surface area (Å²) in [6.45, 7) is 0. The summed E-state index contributed by atoms with van der Waals surface area (Å²) in [5.74, 6) is 0.743. The van der Waals surface area contributed by atoms with Crippen LogP contribution in [0.3, 0.4) is 0 Å². The molecule has 2 aromatic carbocycles. The Morgan fingerprint density at radius 3 is 2.85 bits per heavy atom. The molecule has 0 atom stereocenters. The lowest BCUT2D eigenvalue weighted by molar-refractivity contribution is 1.31. The van der Waals surface area contributed by atoms with E-state index >= 15 is 0 Å². The van der Waals surface area contributed by atoms with Crippen LogP contribution in [0.5, 0.6) is 0 Å². The highest BCUT2D eigenvalue weighted by atomic mass is 79.9. The summed E-state index contributed by atoms with van der Waals surface area (Å²) >= 11 is 3.54. The Labute approximate surface area is 123 Å². The molecule has 0 unspecified atom stereocenters. The summed E-state index contributed by atoms with van der Waals surface area (Å²) in [7, 11) is 0. The molecule has 0 spiro atoms. The molecular weight excluding hydrogens is 316 g/mol. The maximum absolute atomic E-state index is 4.52. The van der Waals surface area contributed by atoms with E-state index in [4.69, 9.17) is 0 Å². The smallest absolute Gasteiger partial charge is 0.205 e. The molecule has 0 radical (unpaired) electrons. The Morgan fingerprint density at radius 1 is 1.05 bits per heavy atom. The third-order valence-corrected chi connectivity index (χ3v) is 3.97. The minimum atomic E-state index is 0.743. The van der Waals surface area contributed by atoms with Gasteiger partial charge in [0.1, 0.15) is 0 Å². The van der Waals surface area contributed by atoms with Crippen molar-refractivity contribution >= 4 is 49.5 Å². The summed E-state index contributed by atoms with van der Waals surface area (Å²) < 4.78 is 1.05. The summed E-state index contributed by atoms with van der Waals surface area (Å²) in [4.78, 5) is 11.0. The number of hydrogen-bond donors (Lipinski definition) is 3. The second-order valence-electron chi connectivity index (χ2n) is 4.59. The lowest BCUT2D eigenvalue weighted by Gasteiger charge is -2.00. The highest BCUT2D eigenvalue weighted by Gasteiger charge is 2.08. The number of aromatic amines is 2. The molecule has 4 aromatic rings. The van der Waals surface area contributed by atoms with Crippen molar-refractivity contribution in [2.45, 2.75) is 0 Å². The van der Waals surface area contributed by atoms with Crippen molar-refractivity contribution in [3.63, 3.8) is 0 Å². The van der Waals surface area contributed by atoms with Gasteiger partial charge in [-0.2, -0.15) is 0 Å². The Hall–Kier alpha value is -2.27. The van der Waals surface area contributed by atoms with Crippen LogP contribution in [-0.2, 0) is 0 Å². The van der Waals surface area contributed by atoms with Gasteiger partial charge in [-0.05, 0) is 34.1 Å². The Kier molecular flexibility index (Phi) is 2.53. The third-order valence-electron chi connectivity index (χ3n) is 3.31. The normalized spacial score (nSPS) is 11.2. The number of hydrogen-bond acceptors (Lipinski definition) is 2. The van der Waals surface area contributed by atoms with E-state index in [1.165, 1.54) is 0 Å². The fraction of sp³-hybridized carbons (Fsp3) is 0. The average Bonchev–Trinajstić information content (AvgIpc) is 3.04. The van der Waals surface area contributed by atoms with Gasteiger partial charge < -0.3 is 15.3 Å². The minimum Gasteiger partial charge on any atom is -0.358 e. The molecule has 0 aliphatic rings. The molecule has 0 saturated carbocycles. The number of nitrogens with zero attached hydrogens (tertiary/aromatic N) is 1. The van der Waals surface area contributed by atoms with E-state index in [1.54, 1.807) is 0 Å². The van der Waals surface area contributed by atoms with E-state index in [2.05, 4.69) is 42.3 Å².